The highest BCUT2D eigenvalue weighted by Gasteiger charge is 2.25. The van der Waals surface area contributed by atoms with E-state index in [-0.39, 0.29) is 0 Å². The van der Waals surface area contributed by atoms with Gasteiger partial charge in [-0.15, -0.1) is 0 Å². The number of methoxy groups -OCH3 is 1. The average Bonchev–Trinajstić information content (AvgIpc) is 2.32. The third-order valence-electron chi connectivity index (χ3n) is 2.26. The SMILES string of the molecule is CO[C@@H]1CCN(CC(C)(C)C)C1. The molecule has 0 unspecified atom stereocenters. The third-order valence-corrected chi connectivity index (χ3v) is 2.26. The second-order valence-electron chi connectivity index (χ2n) is 4.94. The van der Waals surface area contributed by atoms with Gasteiger partial charge in [0.25, 0.3) is 0 Å². The molecule has 1 aliphatic heterocycles. The van der Waals surface area contributed by atoms with Crippen molar-refractivity contribution in [1.82, 2.24) is 4.90 Å². The summed E-state index contributed by atoms with van der Waals surface area (Å²) >= 11 is 0. The average molecular weight is 171 g/mol. The molecule has 0 N–H and O–H groups in total. The maximum atomic E-state index is 5.31. The Hall–Kier alpha value is -0.0800. The molecule has 0 bridgehead atoms. The van der Waals surface area contributed by atoms with E-state index in [1.54, 1.807) is 0 Å². The molecule has 1 aliphatic rings. The number of nitrogens with zero attached hydrogens (tertiary/aromatic N) is 1. The van der Waals surface area contributed by atoms with Gasteiger partial charge in [0.05, 0.1) is 6.10 Å². The highest BCUT2D eigenvalue weighted by Crippen LogP contribution is 2.19. The number of hydrogen-bond donors (Lipinski definition) is 0. The largest absolute Gasteiger partial charge is 0.380 e. The summed E-state index contributed by atoms with van der Waals surface area (Å²) in [7, 11) is 1.81. The summed E-state index contributed by atoms with van der Waals surface area (Å²) in [5.74, 6) is 0. The quantitative estimate of drug-likeness (QED) is 0.627. The van der Waals surface area contributed by atoms with Gasteiger partial charge >= 0.3 is 0 Å². The van der Waals surface area contributed by atoms with Crippen LogP contribution in [0.1, 0.15) is 27.2 Å². The lowest BCUT2D eigenvalue weighted by Gasteiger charge is -2.25. The Bertz CT molecular complexity index is 139. The van der Waals surface area contributed by atoms with Gasteiger partial charge in [0.15, 0.2) is 0 Å². The normalized spacial score (nSPS) is 26.5. The van der Waals surface area contributed by atoms with Crippen molar-refractivity contribution in [2.75, 3.05) is 26.7 Å². The van der Waals surface area contributed by atoms with Crippen LogP contribution in [-0.4, -0.2) is 37.7 Å². The number of rotatable bonds is 2. The van der Waals surface area contributed by atoms with Crippen molar-refractivity contribution in [1.29, 1.82) is 0 Å². The van der Waals surface area contributed by atoms with Crippen LogP contribution in [0.4, 0.5) is 0 Å². The summed E-state index contributed by atoms with van der Waals surface area (Å²) in [6.45, 7) is 10.4. The summed E-state index contributed by atoms with van der Waals surface area (Å²) in [4.78, 5) is 2.49. The van der Waals surface area contributed by atoms with E-state index in [0.29, 0.717) is 11.5 Å². The van der Waals surface area contributed by atoms with Crippen LogP contribution in [-0.2, 0) is 4.74 Å². The van der Waals surface area contributed by atoms with E-state index in [0.717, 1.165) is 6.54 Å². The molecule has 1 saturated heterocycles. The first-order valence-corrected chi connectivity index (χ1v) is 4.76. The van der Waals surface area contributed by atoms with Crippen molar-refractivity contribution in [3.05, 3.63) is 0 Å². The van der Waals surface area contributed by atoms with Crippen molar-refractivity contribution >= 4 is 0 Å². The van der Waals surface area contributed by atoms with Gasteiger partial charge in [0.2, 0.25) is 0 Å². The van der Waals surface area contributed by atoms with Crippen LogP contribution in [0.5, 0.6) is 0 Å². The van der Waals surface area contributed by atoms with Crippen LogP contribution >= 0.6 is 0 Å². The van der Waals surface area contributed by atoms with Crippen molar-refractivity contribution in [3.63, 3.8) is 0 Å². The zero-order valence-corrected chi connectivity index (χ0v) is 8.76. The predicted molar refractivity (Wildman–Crippen MR) is 51.3 cm³/mol. The fourth-order valence-electron chi connectivity index (χ4n) is 1.80. The number of hydrogen-bond acceptors (Lipinski definition) is 2. The lowest BCUT2D eigenvalue weighted by atomic mass is 9.96. The predicted octanol–water partition coefficient (Wildman–Crippen LogP) is 1.75. The van der Waals surface area contributed by atoms with Gasteiger partial charge in [0, 0.05) is 26.7 Å². The number of ether oxygens (including phenoxy) is 1. The Balaban J connectivity index is 2.28. The van der Waals surface area contributed by atoms with Crippen LogP contribution in [0.15, 0.2) is 0 Å². The lowest BCUT2D eigenvalue weighted by molar-refractivity contribution is 0.102. The van der Waals surface area contributed by atoms with Crippen LogP contribution in [0.25, 0.3) is 0 Å². The first kappa shape index (κ1) is 10.0. The van der Waals surface area contributed by atoms with E-state index in [4.69, 9.17) is 4.74 Å². The molecule has 0 aromatic rings. The van der Waals surface area contributed by atoms with Crippen LogP contribution in [0, 0.1) is 5.41 Å². The Morgan fingerprint density at radius 3 is 2.50 bits per heavy atom. The smallest absolute Gasteiger partial charge is 0.0710 e. The van der Waals surface area contributed by atoms with Gasteiger partial charge in [-0.2, -0.15) is 0 Å². The first-order chi connectivity index (χ1) is 5.51. The molecule has 0 radical (unpaired) electrons. The Morgan fingerprint density at radius 1 is 1.42 bits per heavy atom. The fourth-order valence-corrected chi connectivity index (χ4v) is 1.80. The maximum absolute atomic E-state index is 5.31. The summed E-state index contributed by atoms with van der Waals surface area (Å²) in [5, 5.41) is 0. The van der Waals surface area contributed by atoms with Crippen LogP contribution in [0.2, 0.25) is 0 Å². The van der Waals surface area contributed by atoms with Gasteiger partial charge in [-0.25, -0.2) is 0 Å². The second kappa shape index (κ2) is 3.75. The molecular formula is C10H21NO. The van der Waals surface area contributed by atoms with Crippen molar-refractivity contribution in [3.8, 4) is 0 Å². The van der Waals surface area contributed by atoms with Gasteiger partial charge < -0.3 is 9.64 Å². The van der Waals surface area contributed by atoms with Gasteiger partial charge in [-0.1, -0.05) is 20.8 Å². The molecular weight excluding hydrogens is 150 g/mol. The van der Waals surface area contributed by atoms with E-state index in [9.17, 15) is 0 Å². The molecule has 0 amide bonds. The number of likely N-dealkylation sites (tertiary alicyclic amines) is 1. The minimum Gasteiger partial charge on any atom is -0.380 e. The molecule has 0 saturated carbocycles. The van der Waals surface area contributed by atoms with E-state index < -0.39 is 0 Å². The minimum absolute atomic E-state index is 0.419. The molecule has 12 heavy (non-hydrogen) atoms. The summed E-state index contributed by atoms with van der Waals surface area (Å²) in [5.41, 5.74) is 0.419. The minimum atomic E-state index is 0.419. The van der Waals surface area contributed by atoms with Crippen molar-refractivity contribution in [2.24, 2.45) is 5.41 Å². The molecule has 1 heterocycles. The highest BCUT2D eigenvalue weighted by atomic mass is 16.5. The van der Waals surface area contributed by atoms with E-state index in [1.165, 1.54) is 19.5 Å². The molecule has 2 heteroatoms. The summed E-state index contributed by atoms with van der Waals surface area (Å²) in [6.07, 6.45) is 1.68. The molecule has 0 aromatic carbocycles. The molecule has 72 valence electrons. The molecule has 0 aliphatic carbocycles. The van der Waals surface area contributed by atoms with E-state index in [2.05, 4.69) is 25.7 Å². The Labute approximate surface area is 75.9 Å². The van der Waals surface area contributed by atoms with E-state index >= 15 is 0 Å². The highest BCUT2D eigenvalue weighted by molar-refractivity contribution is 4.79. The fraction of sp³-hybridized carbons (Fsp3) is 1.00. The summed E-state index contributed by atoms with van der Waals surface area (Å²) < 4.78 is 5.31. The molecule has 1 fully saturated rings. The van der Waals surface area contributed by atoms with E-state index in [1.807, 2.05) is 7.11 Å². The van der Waals surface area contributed by atoms with Gasteiger partial charge in [-0.05, 0) is 11.8 Å². The summed E-state index contributed by atoms with van der Waals surface area (Å²) in [6, 6.07) is 0. The molecule has 0 aromatic heterocycles. The Morgan fingerprint density at radius 2 is 2.08 bits per heavy atom. The Kier molecular flexibility index (Phi) is 3.13. The van der Waals surface area contributed by atoms with Crippen LogP contribution < -0.4 is 0 Å². The standard InChI is InChI=1S/C10H21NO/c1-10(2,3)8-11-6-5-9(7-11)12-4/h9H,5-8H2,1-4H3/t9-/m1/s1. The van der Waals surface area contributed by atoms with Gasteiger partial charge in [-0.3, -0.25) is 0 Å². The maximum Gasteiger partial charge on any atom is 0.0710 e. The topological polar surface area (TPSA) is 12.5 Å². The monoisotopic (exact) mass is 171 g/mol. The molecule has 2 nitrogen and oxygen atoms in total. The van der Waals surface area contributed by atoms with Crippen molar-refractivity contribution in [2.45, 2.75) is 33.3 Å². The third kappa shape index (κ3) is 3.11. The first-order valence-electron chi connectivity index (χ1n) is 4.76. The second-order valence-corrected chi connectivity index (χ2v) is 4.94. The molecule has 1 rings (SSSR count). The van der Waals surface area contributed by atoms with Gasteiger partial charge in [0.1, 0.15) is 0 Å². The zero-order valence-electron chi connectivity index (χ0n) is 8.76. The van der Waals surface area contributed by atoms with Crippen molar-refractivity contribution < 1.29 is 4.74 Å². The van der Waals surface area contributed by atoms with Crippen LogP contribution in [0.3, 0.4) is 0 Å². The lowest BCUT2D eigenvalue weighted by Crippen LogP contribution is -2.31. The molecule has 1 atom stereocenters. The zero-order chi connectivity index (χ0) is 9.19. The molecule has 0 spiro atoms.